The molecular formula is C15H15F3N6. The third kappa shape index (κ3) is 2.84. The second kappa shape index (κ2) is 5.66. The molecule has 9 heteroatoms. The number of rotatable bonds is 3. The summed E-state index contributed by atoms with van der Waals surface area (Å²) in [5, 5.41) is 18.2. The Hall–Kier alpha value is -2.84. The van der Waals surface area contributed by atoms with Gasteiger partial charge in [0.05, 0.1) is 11.9 Å². The van der Waals surface area contributed by atoms with Crippen molar-refractivity contribution in [3.8, 4) is 0 Å². The number of halogens is 3. The molecule has 0 aliphatic heterocycles. The summed E-state index contributed by atoms with van der Waals surface area (Å²) in [6.45, 7) is 3.82. The highest BCUT2D eigenvalue weighted by Crippen LogP contribution is 2.31. The maximum Gasteiger partial charge on any atom is 0.416 e. The Morgan fingerprint density at radius 2 is 2.04 bits per heavy atom. The van der Waals surface area contributed by atoms with Gasteiger partial charge in [0, 0.05) is 11.7 Å². The number of hydrogen-bond donors (Lipinski definition) is 3. The molecule has 0 amide bonds. The molecule has 6 nitrogen and oxygen atoms in total. The molecule has 2 aromatic heterocycles. The Labute approximate surface area is 134 Å². The number of fused-ring (bicyclic) bond motifs is 1. The number of aromatic nitrogens is 4. The highest BCUT2D eigenvalue weighted by Gasteiger charge is 2.30. The van der Waals surface area contributed by atoms with E-state index < -0.39 is 11.7 Å². The van der Waals surface area contributed by atoms with E-state index in [4.69, 9.17) is 5.41 Å². The molecule has 24 heavy (non-hydrogen) atoms. The lowest BCUT2D eigenvalue weighted by molar-refractivity contribution is -0.137. The van der Waals surface area contributed by atoms with Gasteiger partial charge in [-0.2, -0.15) is 18.3 Å². The first-order chi connectivity index (χ1) is 11.3. The predicted octanol–water partition coefficient (Wildman–Crippen LogP) is 3.58. The third-order valence-corrected chi connectivity index (χ3v) is 3.56. The fraction of sp³-hybridized carbons (Fsp3) is 0.267. The maximum atomic E-state index is 12.8. The minimum Gasteiger partial charge on any atom is -0.340 e. The van der Waals surface area contributed by atoms with Crippen LogP contribution in [0.3, 0.4) is 0 Å². The van der Waals surface area contributed by atoms with Crippen LogP contribution >= 0.6 is 0 Å². The maximum absolute atomic E-state index is 12.8. The SMILES string of the molecule is CC(C)n1cnc2n[nH]c(Nc3cccc(C(F)(F)F)c3)c2c1=N. The second-order valence-electron chi connectivity index (χ2n) is 5.59. The minimum atomic E-state index is -4.42. The van der Waals surface area contributed by atoms with Crippen molar-refractivity contribution in [2.24, 2.45) is 0 Å². The minimum absolute atomic E-state index is 0.0192. The van der Waals surface area contributed by atoms with E-state index in [0.29, 0.717) is 16.9 Å². The third-order valence-electron chi connectivity index (χ3n) is 3.56. The van der Waals surface area contributed by atoms with Crippen molar-refractivity contribution >= 4 is 22.5 Å². The smallest absolute Gasteiger partial charge is 0.340 e. The van der Waals surface area contributed by atoms with E-state index >= 15 is 0 Å². The fourth-order valence-electron chi connectivity index (χ4n) is 2.35. The van der Waals surface area contributed by atoms with Gasteiger partial charge in [-0.3, -0.25) is 10.5 Å². The van der Waals surface area contributed by atoms with Crippen LogP contribution in [0.5, 0.6) is 0 Å². The molecule has 1 aromatic carbocycles. The molecule has 0 fully saturated rings. The molecule has 0 spiro atoms. The van der Waals surface area contributed by atoms with Crippen molar-refractivity contribution in [1.29, 1.82) is 5.41 Å². The van der Waals surface area contributed by atoms with Crippen LogP contribution in [-0.4, -0.2) is 19.7 Å². The number of nitrogens with one attached hydrogen (secondary N) is 3. The Balaban J connectivity index is 2.05. The molecule has 3 aromatic rings. The van der Waals surface area contributed by atoms with Crippen molar-refractivity contribution in [3.63, 3.8) is 0 Å². The van der Waals surface area contributed by atoms with Gasteiger partial charge in [0.15, 0.2) is 5.65 Å². The number of anilines is 2. The van der Waals surface area contributed by atoms with E-state index in [1.54, 1.807) is 4.57 Å². The van der Waals surface area contributed by atoms with Crippen LogP contribution in [0.4, 0.5) is 24.7 Å². The van der Waals surface area contributed by atoms with Gasteiger partial charge < -0.3 is 9.88 Å². The summed E-state index contributed by atoms with van der Waals surface area (Å²) < 4.78 is 40.1. The van der Waals surface area contributed by atoms with Crippen LogP contribution in [0, 0.1) is 5.41 Å². The van der Waals surface area contributed by atoms with Crippen LogP contribution in [0.15, 0.2) is 30.6 Å². The normalized spacial score (nSPS) is 12.1. The second-order valence-corrected chi connectivity index (χ2v) is 5.59. The quantitative estimate of drug-likeness (QED) is 0.684. The van der Waals surface area contributed by atoms with Gasteiger partial charge in [0.25, 0.3) is 0 Å². The van der Waals surface area contributed by atoms with Crippen LogP contribution in [-0.2, 0) is 6.18 Å². The van der Waals surface area contributed by atoms with Gasteiger partial charge in [0.1, 0.15) is 16.7 Å². The van der Waals surface area contributed by atoms with Gasteiger partial charge in [0.2, 0.25) is 0 Å². The average molecular weight is 336 g/mol. The number of H-pyrrole nitrogens is 1. The molecule has 0 aliphatic carbocycles. The summed E-state index contributed by atoms with van der Waals surface area (Å²) in [5.41, 5.74) is -0.00267. The molecule has 0 atom stereocenters. The Kier molecular flexibility index (Phi) is 3.78. The molecular weight excluding hydrogens is 321 g/mol. The van der Waals surface area contributed by atoms with Gasteiger partial charge in [-0.05, 0) is 32.0 Å². The average Bonchev–Trinajstić information content (AvgIpc) is 2.90. The monoisotopic (exact) mass is 336 g/mol. The number of hydrogen-bond acceptors (Lipinski definition) is 4. The lowest BCUT2D eigenvalue weighted by atomic mass is 10.2. The largest absolute Gasteiger partial charge is 0.416 e. The molecule has 2 heterocycles. The highest BCUT2D eigenvalue weighted by atomic mass is 19.4. The zero-order valence-corrected chi connectivity index (χ0v) is 12.9. The van der Waals surface area contributed by atoms with E-state index in [9.17, 15) is 13.2 Å². The number of aromatic amines is 1. The Morgan fingerprint density at radius 3 is 2.71 bits per heavy atom. The number of nitrogens with zero attached hydrogens (tertiary/aromatic N) is 3. The van der Waals surface area contributed by atoms with E-state index in [0.717, 1.165) is 12.1 Å². The van der Waals surface area contributed by atoms with Crippen molar-refractivity contribution in [2.45, 2.75) is 26.1 Å². The summed E-state index contributed by atoms with van der Waals surface area (Å²) in [6, 6.07) is 4.85. The van der Waals surface area contributed by atoms with Crippen LogP contribution in [0.2, 0.25) is 0 Å². The first kappa shape index (κ1) is 16.0. The molecule has 0 saturated heterocycles. The summed E-state index contributed by atoms with van der Waals surface area (Å²) in [5.74, 6) is 0.330. The summed E-state index contributed by atoms with van der Waals surface area (Å²) in [7, 11) is 0. The molecule has 0 saturated carbocycles. The molecule has 126 valence electrons. The first-order valence-electron chi connectivity index (χ1n) is 7.21. The molecule has 0 radical (unpaired) electrons. The summed E-state index contributed by atoms with van der Waals surface area (Å²) in [4.78, 5) is 4.16. The standard InChI is InChI=1S/C15H15F3N6/c1-8(2)24-7-20-13-11(12(24)19)14(23-22-13)21-10-5-3-4-9(6-10)15(16,17)18/h3-8,19H,1-2H3,(H2,21,22,23). The lowest BCUT2D eigenvalue weighted by Crippen LogP contribution is -2.22. The first-order valence-corrected chi connectivity index (χ1v) is 7.21. The molecule has 3 N–H and O–H groups in total. The Morgan fingerprint density at radius 1 is 1.29 bits per heavy atom. The van der Waals surface area contributed by atoms with Crippen molar-refractivity contribution in [1.82, 2.24) is 19.7 Å². The van der Waals surface area contributed by atoms with Crippen LogP contribution in [0.1, 0.15) is 25.5 Å². The van der Waals surface area contributed by atoms with Crippen LogP contribution < -0.4 is 10.8 Å². The zero-order chi connectivity index (χ0) is 17.5. The highest BCUT2D eigenvalue weighted by molar-refractivity contribution is 5.87. The van der Waals surface area contributed by atoms with Crippen molar-refractivity contribution in [3.05, 3.63) is 41.6 Å². The van der Waals surface area contributed by atoms with Crippen molar-refractivity contribution < 1.29 is 13.2 Å². The molecule has 3 rings (SSSR count). The molecule has 0 bridgehead atoms. The lowest BCUT2D eigenvalue weighted by Gasteiger charge is -2.12. The van der Waals surface area contributed by atoms with E-state index in [1.807, 2.05) is 13.8 Å². The predicted molar refractivity (Wildman–Crippen MR) is 82.8 cm³/mol. The van der Waals surface area contributed by atoms with E-state index in [-0.39, 0.29) is 17.2 Å². The van der Waals surface area contributed by atoms with Gasteiger partial charge >= 0.3 is 6.18 Å². The van der Waals surface area contributed by atoms with Crippen LogP contribution in [0.25, 0.3) is 11.0 Å². The van der Waals surface area contributed by atoms with Gasteiger partial charge in [-0.25, -0.2) is 4.98 Å². The summed E-state index contributed by atoms with van der Waals surface area (Å²) in [6.07, 6.45) is -2.90. The van der Waals surface area contributed by atoms with E-state index in [2.05, 4.69) is 20.5 Å². The fourth-order valence-corrected chi connectivity index (χ4v) is 2.35. The Bertz CT molecular complexity index is 938. The number of alkyl halides is 3. The van der Waals surface area contributed by atoms with Gasteiger partial charge in [-0.1, -0.05) is 6.07 Å². The zero-order valence-electron chi connectivity index (χ0n) is 12.9. The van der Waals surface area contributed by atoms with Gasteiger partial charge in [-0.15, -0.1) is 0 Å². The molecule has 0 aliphatic rings. The number of benzene rings is 1. The van der Waals surface area contributed by atoms with E-state index in [1.165, 1.54) is 18.5 Å². The summed E-state index contributed by atoms with van der Waals surface area (Å²) >= 11 is 0. The van der Waals surface area contributed by atoms with Crippen molar-refractivity contribution in [2.75, 3.05) is 5.32 Å². The molecule has 0 unspecified atom stereocenters. The topological polar surface area (TPSA) is 82.4 Å².